The van der Waals surface area contributed by atoms with Crippen molar-refractivity contribution in [1.82, 2.24) is 5.32 Å². The van der Waals surface area contributed by atoms with Gasteiger partial charge in [-0.05, 0) is 12.0 Å². The second-order valence-electron chi connectivity index (χ2n) is 4.31. The number of alkyl halides is 3. The molecule has 0 heterocycles. The van der Waals surface area contributed by atoms with Gasteiger partial charge in [0.15, 0.2) is 0 Å². The van der Waals surface area contributed by atoms with Crippen LogP contribution in [0.3, 0.4) is 0 Å². The zero-order chi connectivity index (χ0) is 14.3. The third-order valence-electron chi connectivity index (χ3n) is 2.61. The summed E-state index contributed by atoms with van der Waals surface area (Å²) in [7, 11) is 0. The molecule has 0 radical (unpaired) electrons. The molecule has 0 aromatic heterocycles. The molecule has 3 nitrogen and oxygen atoms in total. The first kappa shape index (κ1) is 15.5. The van der Waals surface area contributed by atoms with Crippen LogP contribution in [0.5, 0.6) is 0 Å². The van der Waals surface area contributed by atoms with E-state index in [1.54, 1.807) is 0 Å². The monoisotopic (exact) mass is 274 g/mol. The van der Waals surface area contributed by atoms with Gasteiger partial charge in [0.2, 0.25) is 5.91 Å². The maximum Gasteiger partial charge on any atom is 0.389 e. The highest BCUT2D eigenvalue weighted by Crippen LogP contribution is 2.21. The molecule has 1 amide bonds. The van der Waals surface area contributed by atoms with E-state index in [0.29, 0.717) is 6.42 Å². The second-order valence-corrected chi connectivity index (χ2v) is 4.31. The molecule has 1 aromatic rings. The Bertz CT molecular complexity index is 393. The lowest BCUT2D eigenvalue weighted by Crippen LogP contribution is -2.41. The van der Waals surface area contributed by atoms with Gasteiger partial charge in [0.05, 0.1) is 6.42 Å². The van der Waals surface area contributed by atoms with Crippen LogP contribution in [-0.4, -0.2) is 24.7 Å². The zero-order valence-corrected chi connectivity index (χ0v) is 10.4. The summed E-state index contributed by atoms with van der Waals surface area (Å²) in [5.74, 6) is -0.622. The van der Waals surface area contributed by atoms with E-state index >= 15 is 0 Å². The van der Waals surface area contributed by atoms with E-state index in [9.17, 15) is 18.0 Å². The molecule has 19 heavy (non-hydrogen) atoms. The lowest BCUT2D eigenvalue weighted by Gasteiger charge is -2.17. The summed E-state index contributed by atoms with van der Waals surface area (Å²) in [4.78, 5) is 11.4. The number of nitrogens with two attached hydrogens (primary N) is 1. The van der Waals surface area contributed by atoms with Crippen LogP contribution >= 0.6 is 0 Å². The Kier molecular flexibility index (Phi) is 5.82. The van der Waals surface area contributed by atoms with E-state index in [1.807, 2.05) is 30.3 Å². The van der Waals surface area contributed by atoms with E-state index in [-0.39, 0.29) is 12.6 Å². The largest absolute Gasteiger partial charge is 0.389 e. The van der Waals surface area contributed by atoms with Crippen molar-refractivity contribution in [3.63, 3.8) is 0 Å². The summed E-state index contributed by atoms with van der Waals surface area (Å²) >= 11 is 0. The van der Waals surface area contributed by atoms with Crippen LogP contribution in [0.15, 0.2) is 30.3 Å². The van der Waals surface area contributed by atoms with Gasteiger partial charge in [-0.25, -0.2) is 0 Å². The van der Waals surface area contributed by atoms with Gasteiger partial charge in [-0.3, -0.25) is 4.79 Å². The highest BCUT2D eigenvalue weighted by atomic mass is 19.4. The Hall–Kier alpha value is -1.56. The summed E-state index contributed by atoms with van der Waals surface area (Å²) in [6, 6.07) is 8.99. The molecule has 0 saturated carbocycles. The smallest absolute Gasteiger partial charge is 0.352 e. The Balaban J connectivity index is 2.42. The van der Waals surface area contributed by atoms with Crippen molar-refractivity contribution in [2.45, 2.75) is 31.5 Å². The Labute approximate surface area is 110 Å². The van der Waals surface area contributed by atoms with E-state index in [2.05, 4.69) is 5.32 Å². The molecule has 0 aliphatic rings. The molecule has 0 aliphatic heterocycles. The van der Waals surface area contributed by atoms with Crippen molar-refractivity contribution in [1.29, 1.82) is 0 Å². The Morgan fingerprint density at radius 2 is 1.89 bits per heavy atom. The van der Waals surface area contributed by atoms with Crippen LogP contribution in [-0.2, 0) is 11.2 Å². The van der Waals surface area contributed by atoms with Crippen molar-refractivity contribution in [2.75, 3.05) is 6.54 Å². The van der Waals surface area contributed by atoms with Crippen molar-refractivity contribution in [3.05, 3.63) is 35.9 Å². The van der Waals surface area contributed by atoms with Crippen molar-refractivity contribution in [3.8, 4) is 0 Å². The molecule has 0 spiro atoms. The molecule has 0 saturated heterocycles. The number of carbonyl (C=O) groups is 1. The fourth-order valence-corrected chi connectivity index (χ4v) is 1.65. The van der Waals surface area contributed by atoms with E-state index in [4.69, 9.17) is 5.73 Å². The molecule has 0 bridgehead atoms. The summed E-state index contributed by atoms with van der Waals surface area (Å²) in [6.07, 6.45) is -5.47. The van der Waals surface area contributed by atoms with E-state index < -0.39 is 24.9 Å². The van der Waals surface area contributed by atoms with Crippen molar-refractivity contribution >= 4 is 5.91 Å². The third-order valence-corrected chi connectivity index (χ3v) is 2.61. The predicted octanol–water partition coefficient (Wildman–Crippen LogP) is 2.02. The minimum atomic E-state index is -4.31. The second kappa shape index (κ2) is 7.13. The quantitative estimate of drug-likeness (QED) is 0.833. The molecule has 0 aliphatic carbocycles. The molecular weight excluding hydrogens is 257 g/mol. The van der Waals surface area contributed by atoms with Crippen LogP contribution in [0.2, 0.25) is 0 Å². The average Bonchev–Trinajstić information content (AvgIpc) is 2.36. The van der Waals surface area contributed by atoms with Crippen LogP contribution in [0.25, 0.3) is 0 Å². The molecule has 1 rings (SSSR count). The zero-order valence-electron chi connectivity index (χ0n) is 10.4. The number of benzene rings is 1. The van der Waals surface area contributed by atoms with Crippen LogP contribution < -0.4 is 11.1 Å². The topological polar surface area (TPSA) is 55.1 Å². The molecule has 3 N–H and O–H groups in total. The van der Waals surface area contributed by atoms with Gasteiger partial charge in [0.25, 0.3) is 0 Å². The number of rotatable bonds is 6. The first-order chi connectivity index (χ1) is 8.90. The summed E-state index contributed by atoms with van der Waals surface area (Å²) < 4.78 is 35.9. The minimum Gasteiger partial charge on any atom is -0.352 e. The first-order valence-electron chi connectivity index (χ1n) is 6.01. The van der Waals surface area contributed by atoms with Gasteiger partial charge in [0, 0.05) is 19.0 Å². The molecule has 1 unspecified atom stereocenters. The molecule has 106 valence electrons. The predicted molar refractivity (Wildman–Crippen MR) is 66.4 cm³/mol. The standard InChI is InChI=1S/C13H17F3N2O/c14-13(15,16)7-6-12(19)18-11(9-17)8-10-4-2-1-3-5-10/h1-5,11H,6-9,17H2,(H,18,19). The van der Waals surface area contributed by atoms with Gasteiger partial charge in [-0.1, -0.05) is 30.3 Å². The molecule has 1 aromatic carbocycles. The number of amides is 1. The molecular formula is C13H17F3N2O. The summed E-state index contributed by atoms with van der Waals surface area (Å²) in [6.45, 7) is 0.187. The van der Waals surface area contributed by atoms with Crippen molar-refractivity contribution < 1.29 is 18.0 Å². The van der Waals surface area contributed by atoms with Crippen LogP contribution in [0.4, 0.5) is 13.2 Å². The Morgan fingerprint density at radius 1 is 1.26 bits per heavy atom. The molecule has 1 atom stereocenters. The normalized spacial score (nSPS) is 13.1. The number of hydrogen-bond donors (Lipinski definition) is 2. The number of hydrogen-bond acceptors (Lipinski definition) is 2. The third kappa shape index (κ3) is 6.81. The minimum absolute atomic E-state index is 0.187. The van der Waals surface area contributed by atoms with Crippen LogP contribution in [0, 0.1) is 0 Å². The maximum atomic E-state index is 12.0. The first-order valence-corrected chi connectivity index (χ1v) is 6.01. The van der Waals surface area contributed by atoms with E-state index in [1.165, 1.54) is 0 Å². The van der Waals surface area contributed by atoms with Crippen molar-refractivity contribution in [2.24, 2.45) is 5.73 Å². The fourth-order valence-electron chi connectivity index (χ4n) is 1.65. The van der Waals surface area contributed by atoms with Gasteiger partial charge >= 0.3 is 6.18 Å². The summed E-state index contributed by atoms with van der Waals surface area (Å²) in [5.41, 5.74) is 6.49. The van der Waals surface area contributed by atoms with E-state index in [0.717, 1.165) is 5.56 Å². The number of halogens is 3. The SMILES string of the molecule is NCC(Cc1ccccc1)NC(=O)CCC(F)(F)F. The number of nitrogens with one attached hydrogen (secondary N) is 1. The average molecular weight is 274 g/mol. The molecule has 6 heteroatoms. The van der Waals surface area contributed by atoms with Gasteiger partial charge < -0.3 is 11.1 Å². The Morgan fingerprint density at radius 3 is 2.42 bits per heavy atom. The van der Waals surface area contributed by atoms with Gasteiger partial charge in [-0.15, -0.1) is 0 Å². The maximum absolute atomic E-state index is 12.0. The van der Waals surface area contributed by atoms with Gasteiger partial charge in [0.1, 0.15) is 0 Å². The number of carbonyl (C=O) groups excluding carboxylic acids is 1. The van der Waals surface area contributed by atoms with Crippen LogP contribution in [0.1, 0.15) is 18.4 Å². The highest BCUT2D eigenvalue weighted by Gasteiger charge is 2.28. The fraction of sp³-hybridized carbons (Fsp3) is 0.462. The highest BCUT2D eigenvalue weighted by molar-refractivity contribution is 5.76. The lowest BCUT2D eigenvalue weighted by atomic mass is 10.1. The summed E-state index contributed by atoms with van der Waals surface area (Å²) in [5, 5.41) is 2.52. The molecule has 0 fully saturated rings. The van der Waals surface area contributed by atoms with Gasteiger partial charge in [-0.2, -0.15) is 13.2 Å². The lowest BCUT2D eigenvalue weighted by molar-refractivity contribution is -0.144.